The fourth-order valence-electron chi connectivity index (χ4n) is 4.28. The van der Waals surface area contributed by atoms with Crippen molar-refractivity contribution < 1.29 is 0 Å². The minimum Gasteiger partial charge on any atom is -0.302 e. The molecule has 3 aromatic rings. The fraction of sp³-hybridized carbons (Fsp3) is 0.300. The molecule has 0 unspecified atom stereocenters. The third-order valence-corrected chi connectivity index (χ3v) is 5.62. The van der Waals surface area contributed by atoms with Crippen molar-refractivity contribution in [2.45, 2.75) is 18.3 Å². The van der Waals surface area contributed by atoms with Gasteiger partial charge in [0.15, 0.2) is 0 Å². The number of hydrogen-bond donors (Lipinski definition) is 0. The van der Waals surface area contributed by atoms with Gasteiger partial charge in [-0.25, -0.2) is 0 Å². The van der Waals surface area contributed by atoms with E-state index in [1.54, 1.807) is 0 Å². The van der Waals surface area contributed by atoms with Crippen LogP contribution in [0, 0.1) is 0 Å². The summed E-state index contributed by atoms with van der Waals surface area (Å²) in [7, 11) is 0. The van der Waals surface area contributed by atoms with Crippen LogP contribution in [0.25, 0.3) is 22.2 Å². The lowest BCUT2D eigenvalue weighted by Gasteiger charge is -2.25. The summed E-state index contributed by atoms with van der Waals surface area (Å²) in [6.07, 6.45) is 6.52. The molecule has 0 radical (unpaired) electrons. The van der Waals surface area contributed by atoms with Gasteiger partial charge < -0.3 is 4.90 Å². The van der Waals surface area contributed by atoms with Gasteiger partial charge in [0, 0.05) is 35.3 Å². The van der Waals surface area contributed by atoms with Crippen molar-refractivity contribution in [3.63, 3.8) is 0 Å². The second-order valence-corrected chi connectivity index (χ2v) is 6.87. The van der Waals surface area contributed by atoms with E-state index in [-0.39, 0.29) is 0 Å². The lowest BCUT2D eigenvalue weighted by atomic mass is 9.78. The molecule has 3 heteroatoms. The summed E-state index contributed by atoms with van der Waals surface area (Å²) in [5, 5.41) is 1.16. The Morgan fingerprint density at radius 2 is 1.78 bits per heavy atom. The number of benzene rings is 1. The summed E-state index contributed by atoms with van der Waals surface area (Å²) in [6, 6.07) is 14.8. The maximum absolute atomic E-state index is 4.80. The molecule has 2 fully saturated rings. The van der Waals surface area contributed by atoms with Crippen LogP contribution >= 0.6 is 0 Å². The summed E-state index contributed by atoms with van der Waals surface area (Å²) in [5.41, 5.74) is 4.94. The highest BCUT2D eigenvalue weighted by Crippen LogP contribution is 2.43. The number of pyridine rings is 2. The second-order valence-electron chi connectivity index (χ2n) is 6.87. The predicted molar refractivity (Wildman–Crippen MR) is 92.3 cm³/mol. The van der Waals surface area contributed by atoms with Crippen LogP contribution in [-0.2, 0) is 5.41 Å². The zero-order chi connectivity index (χ0) is 15.3. The molecule has 2 aromatic heterocycles. The van der Waals surface area contributed by atoms with Crippen LogP contribution in [0.2, 0.25) is 0 Å². The molecular formula is C20H19N3. The molecule has 0 spiro atoms. The molecule has 1 aromatic carbocycles. The van der Waals surface area contributed by atoms with Crippen molar-refractivity contribution in [1.82, 2.24) is 14.9 Å². The number of hydrogen-bond acceptors (Lipinski definition) is 3. The van der Waals surface area contributed by atoms with Gasteiger partial charge in [0.1, 0.15) is 0 Å². The maximum Gasteiger partial charge on any atom is 0.0795 e. The predicted octanol–water partition coefficient (Wildman–Crippen LogP) is 3.64. The van der Waals surface area contributed by atoms with E-state index in [2.05, 4.69) is 52.5 Å². The molecule has 0 amide bonds. The van der Waals surface area contributed by atoms with Crippen molar-refractivity contribution in [2.24, 2.45) is 0 Å². The van der Waals surface area contributed by atoms with E-state index in [4.69, 9.17) is 4.98 Å². The van der Waals surface area contributed by atoms with Gasteiger partial charge in [0.05, 0.1) is 11.2 Å². The van der Waals surface area contributed by atoms with Gasteiger partial charge >= 0.3 is 0 Å². The van der Waals surface area contributed by atoms with Crippen LogP contribution in [0.1, 0.15) is 18.4 Å². The Labute approximate surface area is 136 Å². The average Bonchev–Trinajstić information content (AvgIpc) is 3.24. The molecule has 2 aliphatic rings. The smallest absolute Gasteiger partial charge is 0.0795 e. The largest absolute Gasteiger partial charge is 0.302 e. The Morgan fingerprint density at radius 1 is 0.913 bits per heavy atom. The quantitative estimate of drug-likeness (QED) is 0.723. The summed E-state index contributed by atoms with van der Waals surface area (Å²) in [5.74, 6) is 0. The Hall–Kier alpha value is -2.26. The molecule has 0 saturated carbocycles. The third-order valence-electron chi connectivity index (χ3n) is 5.62. The van der Waals surface area contributed by atoms with E-state index < -0.39 is 0 Å². The van der Waals surface area contributed by atoms with Gasteiger partial charge in [0.2, 0.25) is 0 Å². The highest BCUT2D eigenvalue weighted by Gasteiger charge is 2.44. The van der Waals surface area contributed by atoms with Crippen LogP contribution in [0.15, 0.2) is 54.9 Å². The van der Waals surface area contributed by atoms with Crippen molar-refractivity contribution in [3.8, 4) is 11.3 Å². The van der Waals surface area contributed by atoms with Gasteiger partial charge in [-0.3, -0.25) is 9.97 Å². The van der Waals surface area contributed by atoms with Crippen molar-refractivity contribution in [2.75, 3.05) is 19.6 Å². The van der Waals surface area contributed by atoms with E-state index >= 15 is 0 Å². The molecule has 0 atom stereocenters. The first-order valence-electron chi connectivity index (χ1n) is 8.37. The highest BCUT2D eigenvalue weighted by molar-refractivity contribution is 5.92. The Morgan fingerprint density at radius 3 is 2.52 bits per heavy atom. The van der Waals surface area contributed by atoms with Gasteiger partial charge in [-0.1, -0.05) is 30.3 Å². The molecule has 23 heavy (non-hydrogen) atoms. The topological polar surface area (TPSA) is 29.0 Å². The first-order chi connectivity index (χ1) is 11.3. The van der Waals surface area contributed by atoms with Gasteiger partial charge in [-0.05, 0) is 43.6 Å². The van der Waals surface area contributed by atoms with Gasteiger partial charge in [-0.2, -0.15) is 0 Å². The summed E-state index contributed by atoms with van der Waals surface area (Å²) in [4.78, 5) is 11.9. The summed E-state index contributed by atoms with van der Waals surface area (Å²) < 4.78 is 0. The molecule has 0 N–H and O–H groups in total. The lowest BCUT2D eigenvalue weighted by molar-refractivity contribution is 0.364. The van der Waals surface area contributed by atoms with Gasteiger partial charge in [-0.15, -0.1) is 0 Å². The SMILES string of the molecule is c1cnc2c(-c3ccc(C45CCN(CC4)C5)cn3)cccc2c1. The zero-order valence-electron chi connectivity index (χ0n) is 13.1. The monoisotopic (exact) mass is 301 g/mol. The first kappa shape index (κ1) is 13.2. The van der Waals surface area contributed by atoms with Crippen molar-refractivity contribution >= 4 is 10.9 Å². The number of fused-ring (bicyclic) bond motifs is 3. The Balaban J connectivity index is 1.57. The normalized spacial score (nSPS) is 26.0. The number of para-hydroxylation sites is 1. The van der Waals surface area contributed by atoms with Gasteiger partial charge in [0.25, 0.3) is 0 Å². The molecule has 2 aliphatic heterocycles. The molecule has 4 heterocycles. The first-order valence-corrected chi connectivity index (χ1v) is 8.37. The average molecular weight is 301 g/mol. The summed E-state index contributed by atoms with van der Waals surface area (Å²) >= 11 is 0. The van der Waals surface area contributed by atoms with Crippen LogP contribution in [-0.4, -0.2) is 34.5 Å². The molecule has 5 rings (SSSR count). The number of nitrogens with zero attached hydrogens (tertiary/aromatic N) is 3. The molecule has 3 nitrogen and oxygen atoms in total. The second kappa shape index (κ2) is 4.87. The number of piperidine rings is 1. The molecule has 2 saturated heterocycles. The van der Waals surface area contributed by atoms with Crippen molar-refractivity contribution in [1.29, 1.82) is 0 Å². The number of rotatable bonds is 2. The van der Waals surface area contributed by atoms with Crippen LogP contribution in [0.4, 0.5) is 0 Å². The summed E-state index contributed by atoms with van der Waals surface area (Å²) in [6.45, 7) is 3.70. The molecule has 2 bridgehead atoms. The Bertz CT molecular complexity index is 856. The van der Waals surface area contributed by atoms with E-state index in [0.29, 0.717) is 5.41 Å². The standard InChI is InChI=1S/C20H19N3/c1-3-15-4-2-10-21-19(15)17(5-1)18-7-6-16(13-22-18)20-8-11-23(14-20)12-9-20/h1-7,10,13H,8-9,11-12,14H2. The highest BCUT2D eigenvalue weighted by atomic mass is 15.2. The van der Waals surface area contributed by atoms with Crippen LogP contribution in [0.3, 0.4) is 0 Å². The van der Waals surface area contributed by atoms with Crippen molar-refractivity contribution in [3.05, 3.63) is 60.4 Å². The minimum atomic E-state index is 0.364. The fourth-order valence-corrected chi connectivity index (χ4v) is 4.28. The van der Waals surface area contributed by atoms with Crippen LogP contribution in [0.5, 0.6) is 0 Å². The third kappa shape index (κ3) is 2.00. The van der Waals surface area contributed by atoms with E-state index in [0.717, 1.165) is 22.2 Å². The zero-order valence-corrected chi connectivity index (χ0v) is 13.1. The number of aromatic nitrogens is 2. The minimum absolute atomic E-state index is 0.364. The molecule has 0 aliphatic carbocycles. The Kier molecular flexibility index (Phi) is 2.79. The van der Waals surface area contributed by atoms with E-state index in [9.17, 15) is 0 Å². The van der Waals surface area contributed by atoms with Crippen LogP contribution < -0.4 is 0 Å². The van der Waals surface area contributed by atoms with E-state index in [1.165, 1.54) is 38.0 Å². The molecular weight excluding hydrogens is 282 g/mol. The lowest BCUT2D eigenvalue weighted by Crippen LogP contribution is -2.24. The van der Waals surface area contributed by atoms with E-state index in [1.807, 2.05) is 12.3 Å². The molecule has 114 valence electrons. The maximum atomic E-state index is 4.80.